The van der Waals surface area contributed by atoms with Crippen molar-refractivity contribution in [2.24, 2.45) is 5.73 Å². The van der Waals surface area contributed by atoms with Crippen LogP contribution < -0.4 is 5.73 Å². The lowest BCUT2D eigenvalue weighted by atomic mass is 10.0. The Morgan fingerprint density at radius 3 is 2.32 bits per heavy atom. The van der Waals surface area contributed by atoms with Crippen molar-refractivity contribution < 1.29 is 29.0 Å². The van der Waals surface area contributed by atoms with Crippen LogP contribution in [0.3, 0.4) is 0 Å². The molecule has 162 valence electrons. The van der Waals surface area contributed by atoms with Gasteiger partial charge < -0.3 is 25.2 Å². The molecule has 0 spiro atoms. The zero-order valence-corrected chi connectivity index (χ0v) is 17.3. The molecule has 0 unspecified atom stereocenters. The summed E-state index contributed by atoms with van der Waals surface area (Å²) >= 11 is 0. The van der Waals surface area contributed by atoms with Gasteiger partial charge in [0.2, 0.25) is 0 Å². The Morgan fingerprint density at radius 2 is 1.64 bits per heavy atom. The highest BCUT2D eigenvalue weighted by Gasteiger charge is 2.16. The molecule has 0 aromatic carbocycles. The minimum Gasteiger partial charge on any atom is -0.402 e. The number of carbonyl (C=O) groups excluding carboxylic acids is 2. The van der Waals surface area contributed by atoms with Crippen molar-refractivity contribution >= 4 is 19.3 Å². The first-order chi connectivity index (χ1) is 13.5. The van der Waals surface area contributed by atoms with Crippen molar-refractivity contribution in [3.63, 3.8) is 0 Å². The van der Waals surface area contributed by atoms with E-state index in [-0.39, 0.29) is 19.1 Å². The third kappa shape index (κ3) is 18.2. The van der Waals surface area contributed by atoms with Crippen LogP contribution in [0.2, 0.25) is 0 Å². The molecule has 0 rings (SSSR count). The summed E-state index contributed by atoms with van der Waals surface area (Å²) in [6.07, 6.45) is 16.1. The van der Waals surface area contributed by atoms with Crippen molar-refractivity contribution in [3.05, 3.63) is 12.2 Å². The van der Waals surface area contributed by atoms with E-state index in [2.05, 4.69) is 23.8 Å². The highest BCUT2D eigenvalue weighted by Crippen LogP contribution is 2.13. The fourth-order valence-electron chi connectivity index (χ4n) is 2.86. The predicted molar refractivity (Wildman–Crippen MR) is 110 cm³/mol. The standard InChI is InChI=1S/C20H38BNO6/c1-2-3-4-11-14-18(28-21(25)26)15-12-9-7-5-6-8-10-13-16-19(23)27-20(24)17-22/h9,12,18,25-26H,2-8,10-11,13-17,22H2,1H3/b12-9-/t18-/m1/s1. The highest BCUT2D eigenvalue weighted by molar-refractivity contribution is 6.32. The molecule has 4 N–H and O–H groups in total. The molecule has 0 aliphatic carbocycles. The van der Waals surface area contributed by atoms with Gasteiger partial charge in [-0.3, -0.25) is 9.59 Å². The molecular weight excluding hydrogens is 361 g/mol. The zero-order valence-electron chi connectivity index (χ0n) is 17.3. The number of allylic oxidation sites excluding steroid dienone is 1. The number of hydrogen-bond donors (Lipinski definition) is 3. The Bertz CT molecular complexity index is 431. The Balaban J connectivity index is 3.69. The van der Waals surface area contributed by atoms with Gasteiger partial charge in [0, 0.05) is 12.5 Å². The topological polar surface area (TPSA) is 119 Å². The SMILES string of the molecule is CCCCCC[C@H](C/C=C\CCCCCCCC(=O)OC(=O)CN)OB(O)O. The Kier molecular flexibility index (Phi) is 18.3. The maximum Gasteiger partial charge on any atom is 0.634 e. The molecule has 0 aliphatic heterocycles. The first-order valence-electron chi connectivity index (χ1n) is 10.6. The van der Waals surface area contributed by atoms with E-state index in [1.54, 1.807) is 0 Å². The lowest BCUT2D eigenvalue weighted by Gasteiger charge is -2.15. The Morgan fingerprint density at radius 1 is 0.964 bits per heavy atom. The Hall–Kier alpha value is -1.22. The molecule has 7 nitrogen and oxygen atoms in total. The van der Waals surface area contributed by atoms with Crippen LogP contribution in [0.25, 0.3) is 0 Å². The van der Waals surface area contributed by atoms with Crippen molar-refractivity contribution in [3.8, 4) is 0 Å². The summed E-state index contributed by atoms with van der Waals surface area (Å²) in [4.78, 5) is 22.1. The van der Waals surface area contributed by atoms with E-state index in [0.717, 1.165) is 51.4 Å². The number of carbonyl (C=O) groups is 2. The van der Waals surface area contributed by atoms with E-state index >= 15 is 0 Å². The van der Waals surface area contributed by atoms with Crippen molar-refractivity contribution in [1.29, 1.82) is 0 Å². The van der Waals surface area contributed by atoms with Crippen molar-refractivity contribution in [1.82, 2.24) is 0 Å². The monoisotopic (exact) mass is 399 g/mol. The number of hydrogen-bond acceptors (Lipinski definition) is 7. The molecule has 0 heterocycles. The molecule has 0 aliphatic rings. The minimum absolute atomic E-state index is 0.154. The summed E-state index contributed by atoms with van der Waals surface area (Å²) in [7, 11) is -1.71. The number of esters is 2. The van der Waals surface area contributed by atoms with Crippen LogP contribution in [0.5, 0.6) is 0 Å². The van der Waals surface area contributed by atoms with Crippen LogP contribution in [-0.4, -0.2) is 42.0 Å². The molecule has 0 saturated carbocycles. The summed E-state index contributed by atoms with van der Waals surface area (Å²) in [5.41, 5.74) is 5.07. The molecule has 0 aromatic rings. The maximum atomic E-state index is 11.3. The second-order valence-electron chi connectivity index (χ2n) is 7.00. The first-order valence-corrected chi connectivity index (χ1v) is 10.6. The van der Waals surface area contributed by atoms with E-state index in [1.807, 2.05) is 0 Å². The quantitative estimate of drug-likeness (QED) is 0.107. The molecule has 0 amide bonds. The molecule has 0 aromatic heterocycles. The van der Waals surface area contributed by atoms with Gasteiger partial charge in [-0.25, -0.2) is 0 Å². The summed E-state index contributed by atoms with van der Waals surface area (Å²) in [6.45, 7) is 1.89. The molecule has 1 atom stereocenters. The molecule has 0 bridgehead atoms. The fourth-order valence-corrected chi connectivity index (χ4v) is 2.86. The van der Waals surface area contributed by atoms with Gasteiger partial charge in [-0.2, -0.15) is 0 Å². The first kappa shape index (κ1) is 26.8. The predicted octanol–water partition coefficient (Wildman–Crippen LogP) is 3.02. The van der Waals surface area contributed by atoms with Gasteiger partial charge in [0.05, 0.1) is 6.54 Å². The van der Waals surface area contributed by atoms with Gasteiger partial charge in [-0.15, -0.1) is 0 Å². The van der Waals surface area contributed by atoms with E-state index < -0.39 is 19.3 Å². The Labute approximate surface area is 169 Å². The largest absolute Gasteiger partial charge is 0.634 e. The van der Waals surface area contributed by atoms with Gasteiger partial charge in [-0.1, -0.05) is 64.0 Å². The van der Waals surface area contributed by atoms with Gasteiger partial charge in [0.25, 0.3) is 0 Å². The second kappa shape index (κ2) is 19.1. The van der Waals surface area contributed by atoms with E-state index in [4.69, 9.17) is 20.4 Å². The van der Waals surface area contributed by atoms with E-state index in [9.17, 15) is 9.59 Å². The summed E-state index contributed by atoms with van der Waals surface area (Å²) in [5.74, 6) is -1.18. The van der Waals surface area contributed by atoms with Crippen LogP contribution in [0, 0.1) is 0 Å². The lowest BCUT2D eigenvalue weighted by Crippen LogP contribution is -2.25. The van der Waals surface area contributed by atoms with Crippen LogP contribution in [0.1, 0.15) is 90.4 Å². The van der Waals surface area contributed by atoms with Crippen LogP contribution >= 0.6 is 0 Å². The molecule has 0 saturated heterocycles. The zero-order chi connectivity index (χ0) is 21.0. The van der Waals surface area contributed by atoms with E-state index in [1.165, 1.54) is 12.8 Å². The third-order valence-corrected chi connectivity index (χ3v) is 4.41. The number of ether oxygens (including phenoxy) is 1. The van der Waals surface area contributed by atoms with Crippen molar-refractivity contribution in [2.75, 3.05) is 6.54 Å². The van der Waals surface area contributed by atoms with Gasteiger partial charge in [-0.05, 0) is 32.1 Å². The summed E-state index contributed by atoms with van der Waals surface area (Å²) in [6, 6.07) is 0. The highest BCUT2D eigenvalue weighted by atomic mass is 16.6. The molecule has 8 heteroatoms. The molecule has 0 radical (unpaired) electrons. The average Bonchev–Trinajstić information content (AvgIpc) is 2.65. The maximum absolute atomic E-state index is 11.3. The molecule has 28 heavy (non-hydrogen) atoms. The molecular formula is C20H38BNO6. The van der Waals surface area contributed by atoms with Gasteiger partial charge in [0.1, 0.15) is 0 Å². The van der Waals surface area contributed by atoms with Gasteiger partial charge in [0.15, 0.2) is 0 Å². The number of nitrogens with two attached hydrogens (primary N) is 1. The summed E-state index contributed by atoms with van der Waals surface area (Å²) in [5, 5.41) is 18.0. The third-order valence-electron chi connectivity index (χ3n) is 4.41. The van der Waals surface area contributed by atoms with Crippen LogP contribution in [0.4, 0.5) is 0 Å². The number of rotatable bonds is 18. The normalized spacial score (nSPS) is 12.3. The van der Waals surface area contributed by atoms with Crippen LogP contribution in [-0.2, 0) is 19.0 Å². The summed E-state index contributed by atoms with van der Waals surface area (Å²) < 4.78 is 9.64. The lowest BCUT2D eigenvalue weighted by molar-refractivity contribution is -0.158. The molecule has 0 fully saturated rings. The van der Waals surface area contributed by atoms with E-state index in [0.29, 0.717) is 12.8 Å². The van der Waals surface area contributed by atoms with Crippen LogP contribution in [0.15, 0.2) is 12.2 Å². The number of unbranched alkanes of at least 4 members (excludes halogenated alkanes) is 8. The van der Waals surface area contributed by atoms with Crippen molar-refractivity contribution in [2.45, 2.75) is 96.5 Å². The minimum atomic E-state index is -1.71. The second-order valence-corrected chi connectivity index (χ2v) is 7.00. The smallest absolute Gasteiger partial charge is 0.402 e. The fraction of sp³-hybridized carbons (Fsp3) is 0.800. The van der Waals surface area contributed by atoms with Gasteiger partial charge >= 0.3 is 19.3 Å². The average molecular weight is 399 g/mol.